The van der Waals surface area contributed by atoms with Crippen LogP contribution >= 0.6 is 0 Å². The third kappa shape index (κ3) is 47.8. The van der Waals surface area contributed by atoms with Gasteiger partial charge in [-0.15, -0.1) is 0 Å². The van der Waals surface area contributed by atoms with Gasteiger partial charge in [0.1, 0.15) is 0 Å². The molecule has 4 rings (SSSR count). The number of nitrogens with one attached hydrogen (secondary N) is 9. The Balaban J connectivity index is -0.000000226. The van der Waals surface area contributed by atoms with Crippen molar-refractivity contribution in [2.45, 2.75) is 168 Å². The molecule has 1 atom stereocenters. The van der Waals surface area contributed by atoms with Gasteiger partial charge in [-0.25, -0.2) is 0 Å². The SMILES string of the molecule is CCC(CC)NC.CCCNC.CCCNC.CNC(C)C.CNC1CC1.CNC1CCC1.CNC1CCCC1.CNC1CCNC1. The van der Waals surface area contributed by atoms with Gasteiger partial charge in [0.05, 0.1) is 0 Å². The Kier molecular flexibility index (Phi) is 51.9. The first-order valence-electron chi connectivity index (χ1n) is 19.7. The fourth-order valence-corrected chi connectivity index (χ4v) is 4.38. The van der Waals surface area contributed by atoms with Gasteiger partial charge in [0.25, 0.3) is 0 Å². The summed E-state index contributed by atoms with van der Waals surface area (Å²) in [6, 6.07) is 4.70. The van der Waals surface area contributed by atoms with Crippen molar-refractivity contribution >= 4 is 0 Å². The van der Waals surface area contributed by atoms with Crippen LogP contribution in [-0.4, -0.2) is 119 Å². The number of hydrogen-bond acceptors (Lipinski definition) is 9. The highest BCUT2D eigenvalue weighted by atomic mass is 15.0. The van der Waals surface area contributed by atoms with Crippen molar-refractivity contribution < 1.29 is 0 Å². The van der Waals surface area contributed by atoms with E-state index in [9.17, 15) is 0 Å². The number of likely N-dealkylation sites (N-methyl/N-ethyl adjacent to an activating group) is 1. The maximum absolute atomic E-state index is 3.26. The summed E-state index contributed by atoms with van der Waals surface area (Å²) >= 11 is 0. The van der Waals surface area contributed by atoms with Crippen LogP contribution in [-0.2, 0) is 0 Å². The Morgan fingerprint density at radius 2 is 0.894 bits per heavy atom. The van der Waals surface area contributed by atoms with Crippen molar-refractivity contribution in [1.82, 2.24) is 47.9 Å². The van der Waals surface area contributed by atoms with E-state index in [4.69, 9.17) is 0 Å². The molecule has 1 aliphatic heterocycles. The second kappa shape index (κ2) is 45.6. The Bertz CT molecular complexity index is 460. The van der Waals surface area contributed by atoms with Crippen LogP contribution in [0.2, 0.25) is 0 Å². The minimum absolute atomic E-state index is 0.634. The zero-order valence-electron chi connectivity index (χ0n) is 34.7. The monoisotopic (exact) mass is 676 g/mol. The van der Waals surface area contributed by atoms with Crippen molar-refractivity contribution in [2.75, 3.05) is 82.6 Å². The normalized spacial score (nSPS) is 18.0. The summed E-state index contributed by atoms with van der Waals surface area (Å²) in [6.07, 6.45) is 18.9. The lowest BCUT2D eigenvalue weighted by atomic mass is 9.94. The Morgan fingerprint density at radius 1 is 0.511 bits per heavy atom. The Labute approximate surface area is 297 Å². The molecule has 4 aliphatic rings. The topological polar surface area (TPSA) is 108 Å². The number of rotatable bonds is 12. The lowest BCUT2D eigenvalue weighted by Crippen LogP contribution is -2.31. The van der Waals surface area contributed by atoms with Crippen LogP contribution in [0.3, 0.4) is 0 Å². The summed E-state index contributed by atoms with van der Waals surface area (Å²) in [5.74, 6) is 0. The summed E-state index contributed by atoms with van der Waals surface area (Å²) in [7, 11) is 16.0. The van der Waals surface area contributed by atoms with Crippen LogP contribution in [0.1, 0.15) is 131 Å². The standard InChI is InChI=1S/C6H13N.C6H15N.C5H12N2.C5H11N.C4H9N.3C4H11N/c1-7-6-4-2-3-5-6;1-4-6(5-2)7-3;1-6-5-2-3-7-4-5;1-6-5-3-2-4-5;1-5-4-2-3-4;1-4(2)5-3;2*1-3-4-5-2/h6-7H,2-5H2,1H3;6-7H,4-5H2,1-3H3;5-7H,2-4H2,1H3;5-6H,2-4H2,1H3;4-5H,2-3H2,1H3;4-5H,1-3H3;2*5H,3-4H2,1-2H3. The van der Waals surface area contributed by atoms with Gasteiger partial charge in [-0.1, -0.05) is 60.8 Å². The molecule has 3 saturated carbocycles. The van der Waals surface area contributed by atoms with Gasteiger partial charge in [0.2, 0.25) is 0 Å². The second-order valence-electron chi connectivity index (χ2n) is 13.2. The molecule has 4 fully saturated rings. The summed E-state index contributed by atoms with van der Waals surface area (Å²) < 4.78 is 0. The van der Waals surface area contributed by atoms with E-state index in [1.807, 2.05) is 49.3 Å². The smallest absolute Gasteiger partial charge is 0.0201 e. The molecule has 0 radical (unpaired) electrons. The molecule has 1 unspecified atom stereocenters. The zero-order valence-corrected chi connectivity index (χ0v) is 34.7. The average molecular weight is 676 g/mol. The minimum Gasteiger partial charge on any atom is -0.320 e. The van der Waals surface area contributed by atoms with Gasteiger partial charge >= 0.3 is 0 Å². The molecular weight excluding hydrogens is 582 g/mol. The molecule has 47 heavy (non-hydrogen) atoms. The molecule has 0 bridgehead atoms. The highest BCUT2D eigenvalue weighted by Crippen LogP contribution is 2.17. The van der Waals surface area contributed by atoms with Crippen LogP contribution in [0, 0.1) is 0 Å². The average Bonchev–Trinajstić information content (AvgIpc) is 3.49. The summed E-state index contributed by atoms with van der Waals surface area (Å²) in [6.45, 7) is 17.5. The van der Waals surface area contributed by atoms with Gasteiger partial charge in [0.15, 0.2) is 0 Å². The largest absolute Gasteiger partial charge is 0.320 e. The van der Waals surface area contributed by atoms with E-state index in [1.54, 1.807) is 0 Å². The van der Waals surface area contributed by atoms with Gasteiger partial charge in [-0.05, 0) is 147 Å². The fourth-order valence-electron chi connectivity index (χ4n) is 4.38. The summed E-state index contributed by atoms with van der Waals surface area (Å²) in [5, 5.41) is 28.3. The molecule has 9 nitrogen and oxygen atoms in total. The van der Waals surface area contributed by atoms with Crippen LogP contribution in [0.15, 0.2) is 0 Å². The van der Waals surface area contributed by atoms with Crippen molar-refractivity contribution in [3.8, 4) is 0 Å². The van der Waals surface area contributed by atoms with Crippen molar-refractivity contribution in [1.29, 1.82) is 0 Å². The third-order valence-corrected chi connectivity index (χ3v) is 8.70. The van der Waals surface area contributed by atoms with Gasteiger partial charge in [-0.2, -0.15) is 0 Å². The Hall–Kier alpha value is -0.360. The van der Waals surface area contributed by atoms with Gasteiger partial charge in [0, 0.05) is 42.8 Å². The molecule has 9 heteroatoms. The summed E-state index contributed by atoms with van der Waals surface area (Å²) in [5.41, 5.74) is 0. The number of hydrogen-bond donors (Lipinski definition) is 9. The van der Waals surface area contributed by atoms with Crippen molar-refractivity contribution in [3.05, 3.63) is 0 Å². The molecule has 9 N–H and O–H groups in total. The molecule has 0 amide bonds. The van der Waals surface area contributed by atoms with E-state index in [0.717, 1.165) is 49.8 Å². The fraction of sp³-hybridized carbons (Fsp3) is 1.00. The summed E-state index contributed by atoms with van der Waals surface area (Å²) in [4.78, 5) is 0. The molecule has 0 aromatic heterocycles. The predicted octanol–water partition coefficient (Wildman–Crippen LogP) is 5.08. The minimum atomic E-state index is 0.634. The first-order valence-corrected chi connectivity index (χ1v) is 19.7. The van der Waals surface area contributed by atoms with Crippen LogP contribution < -0.4 is 47.9 Å². The molecule has 3 aliphatic carbocycles. The van der Waals surface area contributed by atoms with Crippen molar-refractivity contribution in [2.24, 2.45) is 0 Å². The Morgan fingerprint density at radius 3 is 0.979 bits per heavy atom. The predicted molar refractivity (Wildman–Crippen MR) is 216 cm³/mol. The van der Waals surface area contributed by atoms with Crippen LogP contribution in [0.25, 0.3) is 0 Å². The maximum Gasteiger partial charge on any atom is 0.0201 e. The van der Waals surface area contributed by atoms with E-state index in [0.29, 0.717) is 6.04 Å². The quantitative estimate of drug-likeness (QED) is 0.140. The molecule has 290 valence electrons. The first kappa shape index (κ1) is 53.4. The lowest BCUT2D eigenvalue weighted by Gasteiger charge is -2.23. The van der Waals surface area contributed by atoms with E-state index in [1.165, 1.54) is 96.4 Å². The molecule has 0 aromatic carbocycles. The maximum atomic E-state index is 3.26. The van der Waals surface area contributed by atoms with Crippen molar-refractivity contribution in [3.63, 3.8) is 0 Å². The van der Waals surface area contributed by atoms with E-state index >= 15 is 0 Å². The lowest BCUT2D eigenvalue weighted by molar-refractivity contribution is 0.361. The molecule has 0 spiro atoms. The third-order valence-electron chi connectivity index (χ3n) is 8.70. The highest BCUT2D eigenvalue weighted by molar-refractivity contribution is 4.78. The van der Waals surface area contributed by atoms with E-state index in [2.05, 4.69) is 96.4 Å². The van der Waals surface area contributed by atoms with Gasteiger partial charge < -0.3 is 47.9 Å². The molecule has 0 aromatic rings. The second-order valence-corrected chi connectivity index (χ2v) is 13.2. The zero-order chi connectivity index (χ0) is 36.6. The van der Waals surface area contributed by atoms with E-state index in [-0.39, 0.29) is 0 Å². The van der Waals surface area contributed by atoms with Gasteiger partial charge in [-0.3, -0.25) is 0 Å². The molecular formula is C38H93N9. The van der Waals surface area contributed by atoms with E-state index < -0.39 is 0 Å². The van der Waals surface area contributed by atoms with Crippen LogP contribution in [0.5, 0.6) is 0 Å². The molecule has 1 saturated heterocycles. The first-order chi connectivity index (χ1) is 22.7. The molecule has 1 heterocycles. The highest BCUT2D eigenvalue weighted by Gasteiger charge is 2.17. The van der Waals surface area contributed by atoms with Crippen LogP contribution in [0.4, 0.5) is 0 Å².